The Morgan fingerprint density at radius 3 is 2.77 bits per heavy atom. The van der Waals surface area contributed by atoms with Crippen LogP contribution in [0.4, 0.5) is 0 Å². The van der Waals surface area contributed by atoms with Crippen molar-refractivity contribution in [3.05, 3.63) is 20.8 Å². The van der Waals surface area contributed by atoms with Crippen LogP contribution in [-0.4, -0.2) is 17.8 Å². The molecule has 0 fully saturated rings. The normalized spacial score (nSPS) is 15.7. The third kappa shape index (κ3) is 3.06. The summed E-state index contributed by atoms with van der Waals surface area (Å²) in [4.78, 5) is 1.28. The molecule has 2 nitrogen and oxygen atoms in total. The van der Waals surface area contributed by atoms with E-state index in [2.05, 4.69) is 33.6 Å². The molecule has 0 aromatic carbocycles. The van der Waals surface area contributed by atoms with E-state index in [4.69, 9.17) is 5.11 Å². The van der Waals surface area contributed by atoms with E-state index in [1.54, 1.807) is 11.3 Å². The quantitative estimate of drug-likeness (QED) is 0.876. The Balaban J connectivity index is 2.58. The molecule has 13 heavy (non-hydrogen) atoms. The number of thiophene rings is 1. The lowest BCUT2D eigenvalue weighted by Gasteiger charge is -2.17. The topological polar surface area (TPSA) is 32.3 Å². The minimum absolute atomic E-state index is 0.143. The summed E-state index contributed by atoms with van der Waals surface area (Å²) in [5.74, 6) is 0. The van der Waals surface area contributed by atoms with Crippen LogP contribution in [0.2, 0.25) is 0 Å². The van der Waals surface area contributed by atoms with Crippen LogP contribution in [0.3, 0.4) is 0 Å². The lowest BCUT2D eigenvalue weighted by molar-refractivity contribution is 0.243. The van der Waals surface area contributed by atoms with Gasteiger partial charge in [-0.1, -0.05) is 0 Å². The molecule has 0 aliphatic rings. The van der Waals surface area contributed by atoms with Gasteiger partial charge in [0.1, 0.15) is 0 Å². The molecule has 2 atom stereocenters. The highest BCUT2D eigenvalue weighted by Crippen LogP contribution is 2.28. The summed E-state index contributed by atoms with van der Waals surface area (Å²) in [5, 5.41) is 14.2. The van der Waals surface area contributed by atoms with Gasteiger partial charge in [0.2, 0.25) is 0 Å². The highest BCUT2D eigenvalue weighted by Gasteiger charge is 2.12. The maximum absolute atomic E-state index is 8.88. The van der Waals surface area contributed by atoms with Gasteiger partial charge in [-0.15, -0.1) is 11.3 Å². The van der Waals surface area contributed by atoms with Crippen LogP contribution >= 0.6 is 27.3 Å². The molecule has 74 valence electrons. The van der Waals surface area contributed by atoms with Gasteiger partial charge in [-0.25, -0.2) is 0 Å². The largest absolute Gasteiger partial charge is 0.395 e. The van der Waals surface area contributed by atoms with Crippen molar-refractivity contribution in [2.45, 2.75) is 25.9 Å². The Kier molecular flexibility index (Phi) is 4.38. The highest BCUT2D eigenvalue weighted by atomic mass is 79.9. The maximum Gasteiger partial charge on any atom is 0.0582 e. The summed E-state index contributed by atoms with van der Waals surface area (Å²) in [7, 11) is 0. The second-order valence-electron chi connectivity index (χ2n) is 3.10. The molecule has 2 N–H and O–H groups in total. The SMILES string of the molecule is CC(CO)NC(C)c1sccc1Br. The Bertz CT molecular complexity index is 264. The first-order valence-corrected chi connectivity index (χ1v) is 5.92. The Hall–Kier alpha value is 0.100. The molecule has 0 aliphatic heterocycles. The van der Waals surface area contributed by atoms with Gasteiger partial charge < -0.3 is 10.4 Å². The molecule has 0 spiro atoms. The van der Waals surface area contributed by atoms with Gasteiger partial charge in [-0.05, 0) is 41.2 Å². The zero-order valence-electron chi connectivity index (χ0n) is 7.75. The number of halogens is 1. The van der Waals surface area contributed by atoms with E-state index in [0.717, 1.165) is 4.47 Å². The standard InChI is InChI=1S/C9H14BrNOS/c1-6(5-12)11-7(2)9-8(10)3-4-13-9/h3-4,6-7,11-12H,5H2,1-2H3. The van der Waals surface area contributed by atoms with Gasteiger partial charge in [0.05, 0.1) is 6.61 Å². The maximum atomic E-state index is 8.88. The minimum Gasteiger partial charge on any atom is -0.395 e. The van der Waals surface area contributed by atoms with Crippen molar-refractivity contribution in [2.75, 3.05) is 6.61 Å². The molecule has 2 unspecified atom stereocenters. The van der Waals surface area contributed by atoms with Crippen LogP contribution < -0.4 is 5.32 Å². The average Bonchev–Trinajstić information content (AvgIpc) is 2.51. The lowest BCUT2D eigenvalue weighted by Crippen LogP contribution is -2.31. The fourth-order valence-corrected chi connectivity index (χ4v) is 2.90. The molecule has 0 bridgehead atoms. The highest BCUT2D eigenvalue weighted by molar-refractivity contribution is 9.10. The summed E-state index contributed by atoms with van der Waals surface area (Å²) in [6, 6.07) is 2.47. The van der Waals surface area contributed by atoms with Crippen molar-refractivity contribution in [3.63, 3.8) is 0 Å². The molecular formula is C9H14BrNOS. The first-order valence-electron chi connectivity index (χ1n) is 4.25. The lowest BCUT2D eigenvalue weighted by atomic mass is 10.2. The molecule has 0 amide bonds. The number of nitrogens with one attached hydrogen (secondary N) is 1. The summed E-state index contributed by atoms with van der Waals surface area (Å²) < 4.78 is 1.14. The number of hydrogen-bond donors (Lipinski definition) is 2. The zero-order chi connectivity index (χ0) is 9.84. The Morgan fingerprint density at radius 2 is 2.31 bits per heavy atom. The second-order valence-corrected chi connectivity index (χ2v) is 4.91. The van der Waals surface area contributed by atoms with Crippen LogP contribution in [0.15, 0.2) is 15.9 Å². The number of aliphatic hydroxyl groups is 1. The van der Waals surface area contributed by atoms with Crippen molar-refractivity contribution in [2.24, 2.45) is 0 Å². The predicted molar refractivity (Wildman–Crippen MR) is 60.1 cm³/mol. The predicted octanol–water partition coefficient (Wildman–Crippen LogP) is 2.54. The van der Waals surface area contributed by atoms with E-state index in [-0.39, 0.29) is 18.7 Å². The molecule has 0 aliphatic carbocycles. The second kappa shape index (κ2) is 5.10. The fraction of sp³-hybridized carbons (Fsp3) is 0.556. The van der Waals surface area contributed by atoms with E-state index < -0.39 is 0 Å². The molecule has 4 heteroatoms. The molecule has 0 radical (unpaired) electrons. The van der Waals surface area contributed by atoms with E-state index >= 15 is 0 Å². The summed E-state index contributed by atoms with van der Waals surface area (Å²) in [6.45, 7) is 4.24. The van der Waals surface area contributed by atoms with Crippen LogP contribution in [0.5, 0.6) is 0 Å². The number of aliphatic hydroxyl groups excluding tert-OH is 1. The van der Waals surface area contributed by atoms with Crippen molar-refractivity contribution >= 4 is 27.3 Å². The smallest absolute Gasteiger partial charge is 0.0582 e. The van der Waals surface area contributed by atoms with Crippen LogP contribution in [0.25, 0.3) is 0 Å². The van der Waals surface area contributed by atoms with Crippen molar-refractivity contribution < 1.29 is 5.11 Å². The number of rotatable bonds is 4. The molecule has 1 aromatic rings. The third-order valence-corrected chi connectivity index (χ3v) is 3.90. The van der Waals surface area contributed by atoms with Crippen LogP contribution in [-0.2, 0) is 0 Å². The van der Waals surface area contributed by atoms with Crippen LogP contribution in [0.1, 0.15) is 24.8 Å². The first-order chi connectivity index (χ1) is 6.15. The Morgan fingerprint density at radius 1 is 1.62 bits per heavy atom. The first kappa shape index (κ1) is 11.2. The Labute approximate surface area is 91.1 Å². The van der Waals surface area contributed by atoms with Gasteiger partial charge in [0.25, 0.3) is 0 Å². The molecule has 1 rings (SSSR count). The van der Waals surface area contributed by atoms with Gasteiger partial charge in [-0.3, -0.25) is 0 Å². The summed E-state index contributed by atoms with van der Waals surface area (Å²) in [6.07, 6.45) is 0. The van der Waals surface area contributed by atoms with Crippen LogP contribution in [0, 0.1) is 0 Å². The summed E-state index contributed by atoms with van der Waals surface area (Å²) in [5.41, 5.74) is 0. The molecular weight excluding hydrogens is 250 g/mol. The zero-order valence-corrected chi connectivity index (χ0v) is 10.2. The van der Waals surface area contributed by atoms with E-state index in [1.807, 2.05) is 13.0 Å². The van der Waals surface area contributed by atoms with Crippen molar-refractivity contribution in [1.29, 1.82) is 0 Å². The molecule has 1 aromatic heterocycles. The van der Waals surface area contributed by atoms with Gasteiger partial charge in [-0.2, -0.15) is 0 Å². The molecule has 1 heterocycles. The van der Waals surface area contributed by atoms with Crippen molar-refractivity contribution in [3.8, 4) is 0 Å². The average molecular weight is 264 g/mol. The minimum atomic E-state index is 0.143. The summed E-state index contributed by atoms with van der Waals surface area (Å²) >= 11 is 5.21. The molecule has 0 saturated carbocycles. The van der Waals surface area contributed by atoms with E-state index in [1.165, 1.54) is 4.88 Å². The van der Waals surface area contributed by atoms with E-state index in [0.29, 0.717) is 0 Å². The third-order valence-electron chi connectivity index (χ3n) is 1.85. The van der Waals surface area contributed by atoms with Gasteiger partial charge in [0, 0.05) is 21.4 Å². The molecule has 0 saturated heterocycles. The van der Waals surface area contributed by atoms with Gasteiger partial charge >= 0.3 is 0 Å². The fourth-order valence-electron chi connectivity index (χ4n) is 1.17. The van der Waals surface area contributed by atoms with Gasteiger partial charge in [0.15, 0.2) is 0 Å². The van der Waals surface area contributed by atoms with E-state index in [9.17, 15) is 0 Å². The number of hydrogen-bond acceptors (Lipinski definition) is 3. The monoisotopic (exact) mass is 263 g/mol. The van der Waals surface area contributed by atoms with Crippen molar-refractivity contribution in [1.82, 2.24) is 5.32 Å².